The van der Waals surface area contributed by atoms with Crippen molar-refractivity contribution in [3.8, 4) is 0 Å². The number of anilines is 1. The molecule has 1 unspecified atom stereocenters. The molecular weight excluding hydrogens is 262 g/mol. The molecule has 0 spiro atoms. The summed E-state index contributed by atoms with van der Waals surface area (Å²) < 4.78 is 0. The lowest BCUT2D eigenvalue weighted by atomic mass is 10.1. The molecule has 21 heavy (non-hydrogen) atoms. The molecule has 1 heterocycles. The molecule has 2 rings (SSSR count). The van der Waals surface area contributed by atoms with E-state index in [2.05, 4.69) is 17.1 Å². The molecule has 1 fully saturated rings. The van der Waals surface area contributed by atoms with Gasteiger partial charge in [-0.25, -0.2) is 0 Å². The molecule has 1 saturated heterocycles. The lowest BCUT2D eigenvalue weighted by Crippen LogP contribution is -2.30. The topological polar surface area (TPSA) is 58.4 Å². The van der Waals surface area contributed by atoms with Crippen LogP contribution < -0.4 is 11.1 Å². The Bertz CT molecular complexity index is 461. The quantitative estimate of drug-likeness (QED) is 0.811. The van der Waals surface area contributed by atoms with Gasteiger partial charge in [-0.1, -0.05) is 25.1 Å². The van der Waals surface area contributed by atoms with Crippen LogP contribution in [-0.4, -0.2) is 29.9 Å². The van der Waals surface area contributed by atoms with Gasteiger partial charge in [0.15, 0.2) is 0 Å². The molecule has 1 aromatic carbocycles. The fraction of sp³-hybridized carbons (Fsp3) is 0.588. The molecule has 4 heteroatoms. The van der Waals surface area contributed by atoms with Crippen LogP contribution in [-0.2, 0) is 11.3 Å². The predicted octanol–water partition coefficient (Wildman–Crippen LogP) is 2.74. The lowest BCUT2D eigenvalue weighted by molar-refractivity contribution is -0.116. The number of nitrogens with one attached hydrogen (secondary N) is 1. The Morgan fingerprint density at radius 1 is 1.43 bits per heavy atom. The normalized spacial score (nSPS) is 18.9. The number of benzene rings is 1. The van der Waals surface area contributed by atoms with Crippen LogP contribution in [0.25, 0.3) is 0 Å². The van der Waals surface area contributed by atoms with E-state index in [9.17, 15) is 4.79 Å². The SMILES string of the molecule is CCC1CCCN1CCCC(=O)Nc1ccccc1CN. The van der Waals surface area contributed by atoms with Crippen molar-refractivity contribution in [1.82, 2.24) is 4.90 Å². The second kappa shape index (κ2) is 8.15. The van der Waals surface area contributed by atoms with Gasteiger partial charge in [0.25, 0.3) is 0 Å². The summed E-state index contributed by atoms with van der Waals surface area (Å²) in [5, 5.41) is 2.97. The predicted molar refractivity (Wildman–Crippen MR) is 87.1 cm³/mol. The van der Waals surface area contributed by atoms with Gasteiger partial charge >= 0.3 is 0 Å². The molecule has 1 amide bonds. The third-order valence-electron chi connectivity index (χ3n) is 4.33. The van der Waals surface area contributed by atoms with E-state index in [-0.39, 0.29) is 5.91 Å². The standard InChI is InChI=1S/C17H27N3O/c1-2-15-8-5-11-20(15)12-6-10-17(21)19-16-9-4-3-7-14(16)13-18/h3-4,7,9,15H,2,5-6,8,10-13,18H2,1H3,(H,19,21). The number of hydrogen-bond acceptors (Lipinski definition) is 3. The van der Waals surface area contributed by atoms with Crippen molar-refractivity contribution in [2.45, 2.75) is 51.6 Å². The van der Waals surface area contributed by atoms with E-state index >= 15 is 0 Å². The van der Waals surface area contributed by atoms with E-state index in [0.717, 1.165) is 30.3 Å². The van der Waals surface area contributed by atoms with Gasteiger partial charge in [0.05, 0.1) is 0 Å². The molecule has 4 nitrogen and oxygen atoms in total. The number of amides is 1. The summed E-state index contributed by atoms with van der Waals surface area (Å²) in [5.41, 5.74) is 7.51. The molecule has 1 aliphatic rings. The summed E-state index contributed by atoms with van der Waals surface area (Å²) in [7, 11) is 0. The molecule has 116 valence electrons. The van der Waals surface area contributed by atoms with Gasteiger partial charge in [-0.05, 0) is 50.4 Å². The zero-order valence-electron chi connectivity index (χ0n) is 13.0. The zero-order chi connectivity index (χ0) is 15.1. The Kier molecular flexibility index (Phi) is 6.21. The Balaban J connectivity index is 1.75. The monoisotopic (exact) mass is 289 g/mol. The number of likely N-dealkylation sites (tertiary alicyclic amines) is 1. The van der Waals surface area contributed by atoms with E-state index in [1.165, 1.54) is 25.8 Å². The van der Waals surface area contributed by atoms with Gasteiger partial charge in [0.2, 0.25) is 5.91 Å². The van der Waals surface area contributed by atoms with Crippen LogP contribution >= 0.6 is 0 Å². The maximum atomic E-state index is 12.0. The number of carbonyl (C=O) groups excluding carboxylic acids is 1. The third kappa shape index (κ3) is 4.55. The minimum absolute atomic E-state index is 0.0862. The van der Waals surface area contributed by atoms with Crippen molar-refractivity contribution in [1.29, 1.82) is 0 Å². The van der Waals surface area contributed by atoms with Crippen LogP contribution in [0.5, 0.6) is 0 Å². The van der Waals surface area contributed by atoms with Crippen LogP contribution in [0.3, 0.4) is 0 Å². The average Bonchev–Trinajstić information content (AvgIpc) is 2.95. The van der Waals surface area contributed by atoms with E-state index in [1.807, 2.05) is 24.3 Å². The Hall–Kier alpha value is -1.39. The smallest absolute Gasteiger partial charge is 0.224 e. The summed E-state index contributed by atoms with van der Waals surface area (Å²) in [5.74, 6) is 0.0862. The van der Waals surface area contributed by atoms with Crippen molar-refractivity contribution in [2.24, 2.45) is 5.73 Å². The first-order valence-electron chi connectivity index (χ1n) is 8.06. The van der Waals surface area contributed by atoms with Crippen LogP contribution in [0.4, 0.5) is 5.69 Å². The van der Waals surface area contributed by atoms with Crippen LogP contribution in [0.1, 0.15) is 44.6 Å². The molecule has 0 radical (unpaired) electrons. The van der Waals surface area contributed by atoms with Crippen molar-refractivity contribution in [3.63, 3.8) is 0 Å². The number of nitrogens with zero attached hydrogens (tertiary/aromatic N) is 1. The fourth-order valence-corrected chi connectivity index (χ4v) is 3.13. The van der Waals surface area contributed by atoms with Crippen molar-refractivity contribution >= 4 is 11.6 Å². The zero-order valence-corrected chi connectivity index (χ0v) is 13.0. The average molecular weight is 289 g/mol. The van der Waals surface area contributed by atoms with E-state index in [0.29, 0.717) is 13.0 Å². The van der Waals surface area contributed by atoms with Crippen molar-refractivity contribution < 1.29 is 4.79 Å². The number of para-hydroxylation sites is 1. The number of rotatable bonds is 7. The highest BCUT2D eigenvalue weighted by molar-refractivity contribution is 5.91. The summed E-state index contributed by atoms with van der Waals surface area (Å²) in [4.78, 5) is 14.6. The highest BCUT2D eigenvalue weighted by Gasteiger charge is 2.22. The lowest BCUT2D eigenvalue weighted by Gasteiger charge is -2.22. The van der Waals surface area contributed by atoms with Crippen molar-refractivity contribution in [2.75, 3.05) is 18.4 Å². The highest BCUT2D eigenvalue weighted by atomic mass is 16.1. The minimum Gasteiger partial charge on any atom is -0.326 e. The van der Waals surface area contributed by atoms with E-state index in [1.54, 1.807) is 0 Å². The highest BCUT2D eigenvalue weighted by Crippen LogP contribution is 2.20. The number of nitrogens with two attached hydrogens (primary N) is 1. The van der Waals surface area contributed by atoms with Gasteiger partial charge in [0, 0.05) is 24.7 Å². The molecule has 1 aromatic rings. The second-order valence-electron chi connectivity index (χ2n) is 5.75. The number of carbonyl (C=O) groups is 1. The minimum atomic E-state index is 0.0862. The summed E-state index contributed by atoms with van der Waals surface area (Å²) in [6, 6.07) is 8.45. The van der Waals surface area contributed by atoms with Gasteiger partial charge in [-0.15, -0.1) is 0 Å². The molecule has 1 atom stereocenters. The van der Waals surface area contributed by atoms with Crippen molar-refractivity contribution in [3.05, 3.63) is 29.8 Å². The fourth-order valence-electron chi connectivity index (χ4n) is 3.13. The maximum absolute atomic E-state index is 12.0. The summed E-state index contributed by atoms with van der Waals surface area (Å²) in [6.45, 7) is 4.92. The van der Waals surface area contributed by atoms with Crippen LogP contribution in [0.2, 0.25) is 0 Å². The Morgan fingerprint density at radius 3 is 3.00 bits per heavy atom. The van der Waals surface area contributed by atoms with Gasteiger partial charge in [-0.2, -0.15) is 0 Å². The third-order valence-corrected chi connectivity index (χ3v) is 4.33. The van der Waals surface area contributed by atoms with E-state index in [4.69, 9.17) is 5.73 Å². The largest absolute Gasteiger partial charge is 0.326 e. The second-order valence-corrected chi connectivity index (χ2v) is 5.75. The molecule has 0 aliphatic carbocycles. The molecular formula is C17H27N3O. The number of hydrogen-bond donors (Lipinski definition) is 2. The Morgan fingerprint density at radius 2 is 2.24 bits per heavy atom. The van der Waals surface area contributed by atoms with Gasteiger partial charge in [-0.3, -0.25) is 4.79 Å². The summed E-state index contributed by atoms with van der Waals surface area (Å²) in [6.07, 6.45) is 5.33. The first-order valence-corrected chi connectivity index (χ1v) is 8.06. The molecule has 0 aromatic heterocycles. The maximum Gasteiger partial charge on any atom is 0.224 e. The molecule has 3 N–H and O–H groups in total. The molecule has 0 saturated carbocycles. The van der Waals surface area contributed by atoms with Crippen LogP contribution in [0.15, 0.2) is 24.3 Å². The molecule has 1 aliphatic heterocycles. The first-order chi connectivity index (χ1) is 10.2. The summed E-state index contributed by atoms with van der Waals surface area (Å²) >= 11 is 0. The Labute approximate surface area is 127 Å². The van der Waals surface area contributed by atoms with Crippen LogP contribution in [0, 0.1) is 0 Å². The molecule has 0 bridgehead atoms. The van der Waals surface area contributed by atoms with Gasteiger partial charge < -0.3 is 16.0 Å². The van der Waals surface area contributed by atoms with Gasteiger partial charge in [0.1, 0.15) is 0 Å². The first kappa shape index (κ1) is 16.0. The van der Waals surface area contributed by atoms with E-state index < -0.39 is 0 Å².